The summed E-state index contributed by atoms with van der Waals surface area (Å²) in [6.45, 7) is 1.00. The van der Waals surface area contributed by atoms with Gasteiger partial charge in [0.2, 0.25) is 15.9 Å². The highest BCUT2D eigenvalue weighted by molar-refractivity contribution is 7.89. The lowest BCUT2D eigenvalue weighted by Gasteiger charge is -2.19. The Bertz CT molecular complexity index is 973. The number of carbonyl (C=O) groups is 1. The van der Waals surface area contributed by atoms with E-state index in [2.05, 4.69) is 0 Å². The van der Waals surface area contributed by atoms with E-state index in [1.165, 1.54) is 4.31 Å². The van der Waals surface area contributed by atoms with Gasteiger partial charge in [-0.1, -0.05) is 6.07 Å². The number of amides is 1. The highest BCUT2D eigenvalue weighted by atomic mass is 32.2. The van der Waals surface area contributed by atoms with E-state index in [9.17, 15) is 13.2 Å². The van der Waals surface area contributed by atoms with Gasteiger partial charge in [0.1, 0.15) is 0 Å². The van der Waals surface area contributed by atoms with Crippen LogP contribution < -0.4 is 14.4 Å². The van der Waals surface area contributed by atoms with Gasteiger partial charge in [0.15, 0.2) is 11.5 Å². The molecule has 2 aromatic carbocycles. The number of rotatable bonds is 8. The van der Waals surface area contributed by atoms with Crippen molar-refractivity contribution < 1.29 is 22.7 Å². The topological polar surface area (TPSA) is 76.2 Å². The van der Waals surface area contributed by atoms with E-state index in [-0.39, 0.29) is 10.8 Å². The number of anilines is 1. The van der Waals surface area contributed by atoms with Crippen LogP contribution in [0, 0.1) is 0 Å². The standard InChI is InChI=1S/C21H26N2O5S/c1-22(14-12-16-6-11-19(27-2)20(15-16)28-3)29(25,26)18-9-7-17(8-10-18)23-13-4-5-21(23)24/h6-11,15H,4-5,12-14H2,1-3H3. The van der Waals surface area contributed by atoms with Crippen LogP contribution in [0.5, 0.6) is 11.5 Å². The van der Waals surface area contributed by atoms with Crippen LogP contribution in [0.2, 0.25) is 0 Å². The van der Waals surface area contributed by atoms with Crippen molar-refractivity contribution in [2.75, 3.05) is 39.3 Å². The van der Waals surface area contributed by atoms with E-state index in [0.717, 1.165) is 17.7 Å². The Morgan fingerprint density at radius 3 is 2.31 bits per heavy atom. The predicted octanol–water partition coefficient (Wildman–Crippen LogP) is 2.69. The summed E-state index contributed by atoms with van der Waals surface area (Å²) < 4.78 is 37.6. The van der Waals surface area contributed by atoms with Gasteiger partial charge in [-0.05, 0) is 54.8 Å². The van der Waals surface area contributed by atoms with Gasteiger partial charge < -0.3 is 14.4 Å². The van der Waals surface area contributed by atoms with Crippen molar-refractivity contribution in [2.24, 2.45) is 0 Å². The first-order valence-corrected chi connectivity index (χ1v) is 10.9. The maximum absolute atomic E-state index is 12.9. The second-order valence-corrected chi connectivity index (χ2v) is 8.95. The third-order valence-electron chi connectivity index (χ3n) is 5.09. The summed E-state index contributed by atoms with van der Waals surface area (Å²) in [5.74, 6) is 1.32. The van der Waals surface area contributed by atoms with Crippen molar-refractivity contribution in [1.82, 2.24) is 4.31 Å². The zero-order chi connectivity index (χ0) is 21.0. The van der Waals surface area contributed by atoms with Crippen LogP contribution in [0.1, 0.15) is 18.4 Å². The second-order valence-electron chi connectivity index (χ2n) is 6.91. The number of hydrogen-bond acceptors (Lipinski definition) is 5. The highest BCUT2D eigenvalue weighted by Gasteiger charge is 2.24. The lowest BCUT2D eigenvalue weighted by Crippen LogP contribution is -2.29. The van der Waals surface area contributed by atoms with Crippen LogP contribution in [-0.2, 0) is 21.2 Å². The molecule has 1 aliphatic heterocycles. The van der Waals surface area contributed by atoms with Gasteiger partial charge in [-0.2, -0.15) is 0 Å². The predicted molar refractivity (Wildman–Crippen MR) is 111 cm³/mol. The summed E-state index contributed by atoms with van der Waals surface area (Å²) in [5, 5.41) is 0. The molecule has 2 aromatic rings. The Morgan fingerprint density at radius 1 is 1.03 bits per heavy atom. The SMILES string of the molecule is COc1ccc(CCN(C)S(=O)(=O)c2ccc(N3CCCC3=O)cc2)cc1OC. The van der Waals surface area contributed by atoms with Crippen LogP contribution in [0.4, 0.5) is 5.69 Å². The molecule has 0 aliphatic carbocycles. The number of methoxy groups -OCH3 is 2. The van der Waals surface area contributed by atoms with Gasteiger partial charge in [-0.15, -0.1) is 0 Å². The minimum absolute atomic E-state index is 0.0765. The fourth-order valence-corrected chi connectivity index (χ4v) is 4.51. The Labute approximate surface area is 171 Å². The van der Waals surface area contributed by atoms with Gasteiger partial charge in [0.25, 0.3) is 0 Å². The molecule has 1 amide bonds. The molecule has 8 heteroatoms. The van der Waals surface area contributed by atoms with Crippen LogP contribution in [0.15, 0.2) is 47.4 Å². The largest absolute Gasteiger partial charge is 0.493 e. The molecular weight excluding hydrogens is 392 g/mol. The molecule has 0 unspecified atom stereocenters. The Kier molecular flexibility index (Phi) is 6.44. The van der Waals surface area contributed by atoms with E-state index >= 15 is 0 Å². The maximum Gasteiger partial charge on any atom is 0.242 e. The smallest absolute Gasteiger partial charge is 0.242 e. The maximum atomic E-state index is 12.9. The third-order valence-corrected chi connectivity index (χ3v) is 6.96. The van der Waals surface area contributed by atoms with Crippen molar-refractivity contribution in [3.8, 4) is 11.5 Å². The van der Waals surface area contributed by atoms with E-state index in [0.29, 0.717) is 37.4 Å². The summed E-state index contributed by atoms with van der Waals surface area (Å²) in [4.78, 5) is 13.8. The molecule has 0 bridgehead atoms. The molecule has 0 aromatic heterocycles. The summed E-state index contributed by atoms with van der Waals surface area (Å²) in [6.07, 6.45) is 1.91. The minimum Gasteiger partial charge on any atom is -0.493 e. The monoisotopic (exact) mass is 418 g/mol. The molecule has 29 heavy (non-hydrogen) atoms. The van der Waals surface area contributed by atoms with Crippen molar-refractivity contribution in [2.45, 2.75) is 24.2 Å². The van der Waals surface area contributed by atoms with Crippen LogP contribution >= 0.6 is 0 Å². The molecule has 1 saturated heterocycles. The number of ether oxygens (including phenoxy) is 2. The van der Waals surface area contributed by atoms with Crippen molar-refractivity contribution >= 4 is 21.6 Å². The fraction of sp³-hybridized carbons (Fsp3) is 0.381. The van der Waals surface area contributed by atoms with Crippen molar-refractivity contribution in [3.05, 3.63) is 48.0 Å². The number of hydrogen-bond donors (Lipinski definition) is 0. The van der Waals surface area contributed by atoms with E-state index in [4.69, 9.17) is 9.47 Å². The van der Waals surface area contributed by atoms with Gasteiger partial charge in [0, 0.05) is 32.2 Å². The number of sulfonamides is 1. The lowest BCUT2D eigenvalue weighted by atomic mass is 10.1. The van der Waals surface area contributed by atoms with Crippen LogP contribution in [0.3, 0.4) is 0 Å². The molecule has 1 fully saturated rings. The van der Waals surface area contributed by atoms with Crippen molar-refractivity contribution in [1.29, 1.82) is 0 Å². The molecule has 0 atom stereocenters. The molecule has 1 aliphatic rings. The normalized spacial score (nSPS) is 14.5. The summed E-state index contributed by atoms with van der Waals surface area (Å²) in [5.41, 5.74) is 1.69. The van der Waals surface area contributed by atoms with Crippen molar-refractivity contribution in [3.63, 3.8) is 0 Å². The average molecular weight is 419 g/mol. The van der Waals surface area contributed by atoms with Gasteiger partial charge >= 0.3 is 0 Å². The molecule has 0 spiro atoms. The molecule has 3 rings (SSSR count). The van der Waals surface area contributed by atoms with Gasteiger partial charge in [-0.3, -0.25) is 4.79 Å². The summed E-state index contributed by atoms with van der Waals surface area (Å²) >= 11 is 0. The minimum atomic E-state index is -3.62. The van der Waals surface area contributed by atoms with Crippen LogP contribution in [-0.4, -0.2) is 53.0 Å². The first-order chi connectivity index (χ1) is 13.9. The molecule has 1 heterocycles. The Morgan fingerprint density at radius 2 is 1.72 bits per heavy atom. The van der Waals surface area contributed by atoms with E-state index in [1.54, 1.807) is 56.5 Å². The Balaban J connectivity index is 1.68. The van der Waals surface area contributed by atoms with Crippen LogP contribution in [0.25, 0.3) is 0 Å². The van der Waals surface area contributed by atoms with Gasteiger partial charge in [-0.25, -0.2) is 12.7 Å². The zero-order valence-electron chi connectivity index (χ0n) is 16.9. The molecule has 0 N–H and O–H groups in total. The summed E-state index contributed by atoms with van der Waals surface area (Å²) in [6, 6.07) is 12.1. The van der Waals surface area contributed by atoms with Gasteiger partial charge in [0.05, 0.1) is 19.1 Å². The van der Waals surface area contributed by atoms with E-state index < -0.39 is 10.0 Å². The number of benzene rings is 2. The molecule has 0 saturated carbocycles. The number of carbonyl (C=O) groups excluding carboxylic acids is 1. The average Bonchev–Trinajstić information content (AvgIpc) is 3.17. The second kappa shape index (κ2) is 8.84. The number of likely N-dealkylation sites (N-methyl/N-ethyl adjacent to an activating group) is 1. The zero-order valence-corrected chi connectivity index (χ0v) is 17.7. The molecule has 0 radical (unpaired) electrons. The molecule has 156 valence electrons. The third kappa shape index (κ3) is 4.54. The lowest BCUT2D eigenvalue weighted by molar-refractivity contribution is -0.117. The first-order valence-electron chi connectivity index (χ1n) is 9.44. The Hall–Kier alpha value is -2.58. The molecule has 7 nitrogen and oxygen atoms in total. The fourth-order valence-electron chi connectivity index (χ4n) is 3.34. The highest BCUT2D eigenvalue weighted by Crippen LogP contribution is 2.28. The number of nitrogens with zero attached hydrogens (tertiary/aromatic N) is 2. The summed E-state index contributed by atoms with van der Waals surface area (Å²) in [7, 11) is 1.09. The van der Waals surface area contributed by atoms with E-state index in [1.807, 2.05) is 12.1 Å². The first kappa shape index (κ1) is 21.1. The molecular formula is C21H26N2O5S. The quantitative estimate of drug-likeness (QED) is 0.659.